The molecule has 0 radical (unpaired) electrons. The molecule has 1 aliphatic rings. The Hall–Kier alpha value is -0.940. The lowest BCUT2D eigenvalue weighted by Crippen LogP contribution is -2.34. The summed E-state index contributed by atoms with van der Waals surface area (Å²) in [6.45, 7) is 9.77. The van der Waals surface area contributed by atoms with E-state index in [1.165, 1.54) is 32.4 Å². The van der Waals surface area contributed by atoms with Gasteiger partial charge in [0.05, 0.1) is 0 Å². The molecule has 2 heterocycles. The second kappa shape index (κ2) is 7.01. The quantitative estimate of drug-likeness (QED) is 0.880. The van der Waals surface area contributed by atoms with Gasteiger partial charge in [-0.3, -0.25) is 0 Å². The minimum Gasteiger partial charge on any atom is -0.340 e. The van der Waals surface area contributed by atoms with Crippen molar-refractivity contribution in [1.29, 1.82) is 0 Å². The highest BCUT2D eigenvalue weighted by Crippen LogP contribution is 2.13. The number of likely N-dealkylation sites (tertiary alicyclic amines) is 1. The van der Waals surface area contributed by atoms with Crippen LogP contribution < -0.4 is 5.32 Å². The Balaban J connectivity index is 1.68. The third-order valence-corrected chi connectivity index (χ3v) is 3.84. The van der Waals surface area contributed by atoms with Crippen LogP contribution in [0.1, 0.15) is 44.8 Å². The summed E-state index contributed by atoms with van der Waals surface area (Å²) in [6.07, 6.45) is 4.65. The van der Waals surface area contributed by atoms with Gasteiger partial charge >= 0.3 is 0 Å². The fraction of sp³-hybridized carbons (Fsp3) is 0.857. The summed E-state index contributed by atoms with van der Waals surface area (Å²) in [6, 6.07) is 1.30. The van der Waals surface area contributed by atoms with E-state index in [1.54, 1.807) is 0 Å². The number of hydrogen-bond donors (Lipinski definition) is 1. The van der Waals surface area contributed by atoms with E-state index in [1.807, 2.05) is 6.92 Å². The number of rotatable bonds is 5. The summed E-state index contributed by atoms with van der Waals surface area (Å²) in [7, 11) is 0. The fourth-order valence-corrected chi connectivity index (χ4v) is 2.67. The van der Waals surface area contributed by atoms with Gasteiger partial charge in [-0.1, -0.05) is 5.16 Å². The van der Waals surface area contributed by atoms with E-state index in [4.69, 9.17) is 4.52 Å². The highest BCUT2D eigenvalue weighted by molar-refractivity contribution is 4.85. The average Bonchev–Trinajstić information content (AvgIpc) is 2.64. The van der Waals surface area contributed by atoms with Gasteiger partial charge in [-0.05, 0) is 46.2 Å². The number of hydrogen-bond acceptors (Lipinski definition) is 5. The molecular weight excluding hydrogens is 240 g/mol. The standard InChI is InChI=1S/C14H26N4O/c1-11(2)18-9-4-5-13(7-10-18)15-8-6-14-16-12(3)19-17-14/h11,13,15H,4-10H2,1-3H3. The molecule has 0 saturated carbocycles. The molecule has 19 heavy (non-hydrogen) atoms. The molecule has 1 fully saturated rings. The molecule has 0 bridgehead atoms. The molecule has 5 heteroatoms. The van der Waals surface area contributed by atoms with Gasteiger partial charge in [0.1, 0.15) is 0 Å². The molecule has 0 spiro atoms. The van der Waals surface area contributed by atoms with Crippen LogP contribution >= 0.6 is 0 Å². The lowest BCUT2D eigenvalue weighted by atomic mass is 10.1. The Morgan fingerprint density at radius 1 is 1.37 bits per heavy atom. The van der Waals surface area contributed by atoms with Crippen LogP contribution in [0, 0.1) is 6.92 Å². The van der Waals surface area contributed by atoms with Gasteiger partial charge in [0.15, 0.2) is 5.82 Å². The van der Waals surface area contributed by atoms with E-state index in [0.29, 0.717) is 18.0 Å². The minimum atomic E-state index is 0.636. The first-order valence-corrected chi connectivity index (χ1v) is 7.42. The van der Waals surface area contributed by atoms with Crippen LogP contribution in [0.5, 0.6) is 0 Å². The van der Waals surface area contributed by atoms with Crippen molar-refractivity contribution in [3.63, 3.8) is 0 Å². The van der Waals surface area contributed by atoms with Gasteiger partial charge in [0.25, 0.3) is 0 Å². The molecule has 1 aromatic rings. The zero-order valence-electron chi connectivity index (χ0n) is 12.4. The van der Waals surface area contributed by atoms with Crippen LogP contribution in [-0.4, -0.2) is 46.8 Å². The maximum absolute atomic E-state index is 4.97. The van der Waals surface area contributed by atoms with Gasteiger partial charge in [-0.2, -0.15) is 4.98 Å². The van der Waals surface area contributed by atoms with Crippen molar-refractivity contribution in [2.45, 2.75) is 58.5 Å². The van der Waals surface area contributed by atoms with Crippen molar-refractivity contribution < 1.29 is 4.52 Å². The van der Waals surface area contributed by atoms with E-state index in [2.05, 4.69) is 34.2 Å². The highest BCUT2D eigenvalue weighted by Gasteiger charge is 2.18. The molecule has 1 saturated heterocycles. The number of nitrogens with one attached hydrogen (secondary N) is 1. The van der Waals surface area contributed by atoms with Crippen molar-refractivity contribution in [2.24, 2.45) is 0 Å². The summed E-state index contributed by atoms with van der Waals surface area (Å²) in [4.78, 5) is 6.79. The highest BCUT2D eigenvalue weighted by atomic mass is 16.5. The van der Waals surface area contributed by atoms with Crippen LogP contribution in [0.2, 0.25) is 0 Å². The van der Waals surface area contributed by atoms with Crippen molar-refractivity contribution in [3.05, 3.63) is 11.7 Å². The summed E-state index contributed by atoms with van der Waals surface area (Å²) in [5.41, 5.74) is 0. The van der Waals surface area contributed by atoms with Gasteiger partial charge in [-0.25, -0.2) is 0 Å². The fourth-order valence-electron chi connectivity index (χ4n) is 2.67. The molecule has 0 amide bonds. The Kier molecular flexibility index (Phi) is 5.34. The van der Waals surface area contributed by atoms with Crippen LogP contribution in [0.25, 0.3) is 0 Å². The molecule has 0 aliphatic carbocycles. The van der Waals surface area contributed by atoms with E-state index < -0.39 is 0 Å². The topological polar surface area (TPSA) is 54.2 Å². The van der Waals surface area contributed by atoms with Crippen molar-refractivity contribution in [1.82, 2.24) is 20.4 Å². The molecular formula is C14H26N4O. The Morgan fingerprint density at radius 2 is 2.21 bits per heavy atom. The monoisotopic (exact) mass is 266 g/mol. The molecule has 1 aromatic heterocycles. The summed E-state index contributed by atoms with van der Waals surface area (Å²) < 4.78 is 4.97. The Morgan fingerprint density at radius 3 is 2.89 bits per heavy atom. The molecule has 5 nitrogen and oxygen atoms in total. The van der Waals surface area contributed by atoms with Gasteiger partial charge in [-0.15, -0.1) is 0 Å². The molecule has 108 valence electrons. The second-order valence-corrected chi connectivity index (χ2v) is 5.69. The third kappa shape index (κ3) is 4.58. The van der Waals surface area contributed by atoms with Gasteiger partial charge < -0.3 is 14.7 Å². The predicted molar refractivity (Wildman–Crippen MR) is 75.1 cm³/mol. The first kappa shape index (κ1) is 14.5. The van der Waals surface area contributed by atoms with E-state index in [-0.39, 0.29) is 0 Å². The maximum Gasteiger partial charge on any atom is 0.223 e. The average molecular weight is 266 g/mol. The zero-order valence-corrected chi connectivity index (χ0v) is 12.4. The lowest BCUT2D eigenvalue weighted by Gasteiger charge is -2.24. The van der Waals surface area contributed by atoms with Crippen molar-refractivity contribution in [3.8, 4) is 0 Å². The van der Waals surface area contributed by atoms with Gasteiger partial charge in [0, 0.05) is 32.0 Å². The number of nitrogens with zero attached hydrogens (tertiary/aromatic N) is 3. The SMILES string of the molecule is Cc1nc(CCNC2CCCN(C(C)C)CC2)no1. The largest absolute Gasteiger partial charge is 0.340 e. The third-order valence-electron chi connectivity index (χ3n) is 3.84. The smallest absolute Gasteiger partial charge is 0.223 e. The van der Waals surface area contributed by atoms with Gasteiger partial charge in [0.2, 0.25) is 5.89 Å². The van der Waals surface area contributed by atoms with E-state index in [0.717, 1.165) is 18.8 Å². The molecule has 1 aliphatic heterocycles. The van der Waals surface area contributed by atoms with E-state index >= 15 is 0 Å². The first-order chi connectivity index (χ1) is 9.15. The van der Waals surface area contributed by atoms with Crippen molar-refractivity contribution in [2.75, 3.05) is 19.6 Å². The Bertz CT molecular complexity index is 377. The summed E-state index contributed by atoms with van der Waals surface area (Å²) in [5.74, 6) is 1.46. The second-order valence-electron chi connectivity index (χ2n) is 5.69. The Labute approximate surface area is 115 Å². The summed E-state index contributed by atoms with van der Waals surface area (Å²) >= 11 is 0. The van der Waals surface area contributed by atoms with Crippen LogP contribution in [-0.2, 0) is 6.42 Å². The molecule has 1 atom stereocenters. The van der Waals surface area contributed by atoms with E-state index in [9.17, 15) is 0 Å². The summed E-state index contributed by atoms with van der Waals surface area (Å²) in [5, 5.41) is 7.55. The predicted octanol–water partition coefficient (Wildman–Crippen LogP) is 1.77. The zero-order chi connectivity index (χ0) is 13.7. The number of aromatic nitrogens is 2. The first-order valence-electron chi connectivity index (χ1n) is 7.42. The molecule has 1 unspecified atom stereocenters. The lowest BCUT2D eigenvalue weighted by molar-refractivity contribution is 0.229. The maximum atomic E-state index is 4.97. The van der Waals surface area contributed by atoms with Crippen LogP contribution in [0.15, 0.2) is 4.52 Å². The molecule has 0 aromatic carbocycles. The normalized spacial score (nSPS) is 21.8. The van der Waals surface area contributed by atoms with Crippen molar-refractivity contribution >= 4 is 0 Å². The van der Waals surface area contributed by atoms with Crippen LogP contribution in [0.4, 0.5) is 0 Å². The van der Waals surface area contributed by atoms with Crippen LogP contribution in [0.3, 0.4) is 0 Å². The minimum absolute atomic E-state index is 0.636. The molecule has 1 N–H and O–H groups in total. The number of aryl methyl sites for hydroxylation is 1. The molecule has 2 rings (SSSR count).